The Bertz CT molecular complexity index is 723. The Balaban J connectivity index is 2.20. The second-order valence-electron chi connectivity index (χ2n) is 4.42. The van der Waals surface area contributed by atoms with Crippen molar-refractivity contribution in [3.05, 3.63) is 54.1 Å². The molecule has 0 aliphatic carbocycles. The van der Waals surface area contributed by atoms with E-state index < -0.39 is 0 Å². The summed E-state index contributed by atoms with van der Waals surface area (Å²) in [4.78, 5) is 13.1. The molecule has 0 fully saturated rings. The highest BCUT2D eigenvalue weighted by molar-refractivity contribution is 5.90. The first kappa shape index (κ1) is 11.7. The van der Waals surface area contributed by atoms with Crippen LogP contribution in [0.1, 0.15) is 11.3 Å². The fourth-order valence-corrected chi connectivity index (χ4v) is 2.02. The average molecular weight is 251 g/mol. The van der Waals surface area contributed by atoms with Crippen molar-refractivity contribution >= 4 is 11.0 Å². The van der Waals surface area contributed by atoms with Gasteiger partial charge in [0.1, 0.15) is 5.52 Å². The summed E-state index contributed by atoms with van der Waals surface area (Å²) in [5, 5.41) is 9.07. The van der Waals surface area contributed by atoms with Crippen molar-refractivity contribution in [2.24, 2.45) is 0 Å². The molecule has 0 aliphatic rings. The molecule has 19 heavy (non-hydrogen) atoms. The fourth-order valence-electron chi connectivity index (χ4n) is 2.02. The third kappa shape index (κ3) is 2.18. The molecule has 0 aliphatic heterocycles. The van der Waals surface area contributed by atoms with Gasteiger partial charge in [-0.25, -0.2) is 4.98 Å². The fraction of sp³-hybridized carbons (Fsp3) is 0.133. The topological polar surface area (TPSA) is 58.9 Å². The lowest BCUT2D eigenvalue weighted by atomic mass is 10.0. The van der Waals surface area contributed by atoms with Gasteiger partial charge in [0.15, 0.2) is 0 Å². The zero-order valence-electron chi connectivity index (χ0n) is 10.5. The zero-order chi connectivity index (χ0) is 13.2. The third-order valence-electron chi connectivity index (χ3n) is 3.02. The largest absolute Gasteiger partial charge is 0.392 e. The number of aromatic nitrogens is 3. The molecule has 0 spiro atoms. The average Bonchev–Trinajstić information content (AvgIpc) is 2.47. The van der Waals surface area contributed by atoms with E-state index in [1.54, 1.807) is 18.6 Å². The lowest BCUT2D eigenvalue weighted by Gasteiger charge is -2.06. The van der Waals surface area contributed by atoms with Crippen LogP contribution in [0.4, 0.5) is 0 Å². The summed E-state index contributed by atoms with van der Waals surface area (Å²) in [7, 11) is 0. The van der Waals surface area contributed by atoms with Crippen LogP contribution in [0.5, 0.6) is 0 Å². The molecule has 0 unspecified atom stereocenters. The number of pyridine rings is 1. The maximum Gasteiger partial charge on any atom is 0.108 e. The van der Waals surface area contributed by atoms with Gasteiger partial charge in [0, 0.05) is 18.0 Å². The van der Waals surface area contributed by atoms with Gasteiger partial charge >= 0.3 is 0 Å². The van der Waals surface area contributed by atoms with Crippen LogP contribution < -0.4 is 0 Å². The van der Waals surface area contributed by atoms with E-state index in [4.69, 9.17) is 5.11 Å². The van der Waals surface area contributed by atoms with Crippen LogP contribution >= 0.6 is 0 Å². The SMILES string of the molecule is Cc1cnc2cncc(-c3ccc(CO)cc3)c2n1. The summed E-state index contributed by atoms with van der Waals surface area (Å²) in [5.74, 6) is 0. The highest BCUT2D eigenvalue weighted by Crippen LogP contribution is 2.25. The van der Waals surface area contributed by atoms with Gasteiger partial charge in [-0.1, -0.05) is 24.3 Å². The van der Waals surface area contributed by atoms with Crippen LogP contribution in [0.15, 0.2) is 42.9 Å². The molecule has 94 valence electrons. The minimum absolute atomic E-state index is 0.0486. The summed E-state index contributed by atoms with van der Waals surface area (Å²) >= 11 is 0. The second-order valence-corrected chi connectivity index (χ2v) is 4.42. The van der Waals surface area contributed by atoms with Gasteiger partial charge in [0.2, 0.25) is 0 Å². The van der Waals surface area contributed by atoms with E-state index in [0.717, 1.165) is 33.4 Å². The first-order valence-electron chi connectivity index (χ1n) is 6.05. The normalized spacial score (nSPS) is 10.8. The first-order valence-corrected chi connectivity index (χ1v) is 6.05. The van der Waals surface area contributed by atoms with Gasteiger partial charge < -0.3 is 5.11 Å². The molecular weight excluding hydrogens is 238 g/mol. The molecule has 4 heteroatoms. The molecule has 0 saturated carbocycles. The highest BCUT2D eigenvalue weighted by atomic mass is 16.3. The van der Waals surface area contributed by atoms with Crippen molar-refractivity contribution in [3.8, 4) is 11.1 Å². The van der Waals surface area contributed by atoms with Crippen LogP contribution in [0, 0.1) is 6.92 Å². The molecule has 0 bridgehead atoms. The summed E-state index contributed by atoms with van der Waals surface area (Å²) < 4.78 is 0. The van der Waals surface area contributed by atoms with Crippen molar-refractivity contribution in [1.82, 2.24) is 15.0 Å². The highest BCUT2D eigenvalue weighted by Gasteiger charge is 2.07. The van der Waals surface area contributed by atoms with E-state index in [1.807, 2.05) is 31.2 Å². The van der Waals surface area contributed by atoms with E-state index in [1.165, 1.54) is 0 Å². The lowest BCUT2D eigenvalue weighted by molar-refractivity contribution is 0.282. The monoisotopic (exact) mass is 251 g/mol. The summed E-state index contributed by atoms with van der Waals surface area (Å²) in [6, 6.07) is 7.73. The minimum atomic E-state index is 0.0486. The minimum Gasteiger partial charge on any atom is -0.392 e. The Labute approximate surface area is 110 Å². The number of fused-ring (bicyclic) bond motifs is 1. The van der Waals surface area contributed by atoms with Crippen LogP contribution in [0.2, 0.25) is 0 Å². The number of aryl methyl sites for hydroxylation is 1. The smallest absolute Gasteiger partial charge is 0.108 e. The number of rotatable bonds is 2. The molecule has 1 aromatic carbocycles. The number of hydrogen-bond donors (Lipinski definition) is 1. The Morgan fingerprint density at radius 2 is 1.84 bits per heavy atom. The van der Waals surface area contributed by atoms with Crippen molar-refractivity contribution in [3.63, 3.8) is 0 Å². The molecular formula is C15H13N3O. The molecule has 2 heterocycles. The molecule has 1 N–H and O–H groups in total. The molecule has 3 aromatic rings. The predicted molar refractivity (Wildman–Crippen MR) is 73.4 cm³/mol. The summed E-state index contributed by atoms with van der Waals surface area (Å²) in [5.41, 5.74) is 5.39. The van der Waals surface area contributed by atoms with Gasteiger partial charge in [0.05, 0.1) is 24.0 Å². The van der Waals surface area contributed by atoms with Crippen LogP contribution in [0.25, 0.3) is 22.2 Å². The van der Waals surface area contributed by atoms with Crippen molar-refractivity contribution < 1.29 is 5.11 Å². The van der Waals surface area contributed by atoms with Gasteiger partial charge in [0.25, 0.3) is 0 Å². The number of aliphatic hydroxyl groups excluding tert-OH is 1. The first-order chi connectivity index (χ1) is 9.28. The Hall–Kier alpha value is -2.33. The standard InChI is InChI=1S/C15H13N3O/c1-10-6-17-14-8-16-7-13(15(14)18-10)12-4-2-11(9-19)3-5-12/h2-8,19H,9H2,1H3. The number of aliphatic hydroxyl groups is 1. The van der Waals surface area contributed by atoms with E-state index in [-0.39, 0.29) is 6.61 Å². The van der Waals surface area contributed by atoms with Gasteiger partial charge in [-0.2, -0.15) is 0 Å². The number of benzene rings is 1. The van der Waals surface area contributed by atoms with Gasteiger partial charge in [-0.05, 0) is 18.1 Å². The maximum absolute atomic E-state index is 9.07. The summed E-state index contributed by atoms with van der Waals surface area (Å²) in [6.45, 7) is 1.97. The summed E-state index contributed by atoms with van der Waals surface area (Å²) in [6.07, 6.45) is 5.25. The Morgan fingerprint density at radius 1 is 1.05 bits per heavy atom. The van der Waals surface area contributed by atoms with E-state index in [0.29, 0.717) is 0 Å². The zero-order valence-corrected chi connectivity index (χ0v) is 10.5. The predicted octanol–water partition coefficient (Wildman–Crippen LogP) is 2.49. The molecule has 4 nitrogen and oxygen atoms in total. The molecule has 3 rings (SSSR count). The Kier molecular flexibility index (Phi) is 2.93. The van der Waals surface area contributed by atoms with E-state index in [9.17, 15) is 0 Å². The molecule has 0 amide bonds. The van der Waals surface area contributed by atoms with Crippen LogP contribution in [-0.4, -0.2) is 20.1 Å². The quantitative estimate of drug-likeness (QED) is 0.760. The van der Waals surface area contributed by atoms with E-state index >= 15 is 0 Å². The number of hydrogen-bond acceptors (Lipinski definition) is 4. The number of nitrogens with zero attached hydrogens (tertiary/aromatic N) is 3. The van der Waals surface area contributed by atoms with Crippen molar-refractivity contribution in [1.29, 1.82) is 0 Å². The Morgan fingerprint density at radius 3 is 2.58 bits per heavy atom. The molecule has 0 atom stereocenters. The van der Waals surface area contributed by atoms with Gasteiger partial charge in [-0.15, -0.1) is 0 Å². The second kappa shape index (κ2) is 4.74. The van der Waals surface area contributed by atoms with Crippen molar-refractivity contribution in [2.45, 2.75) is 13.5 Å². The third-order valence-corrected chi connectivity index (χ3v) is 3.02. The molecule has 0 saturated heterocycles. The van der Waals surface area contributed by atoms with Crippen LogP contribution in [0.3, 0.4) is 0 Å². The molecule has 0 radical (unpaired) electrons. The van der Waals surface area contributed by atoms with E-state index in [2.05, 4.69) is 15.0 Å². The van der Waals surface area contributed by atoms with Gasteiger partial charge in [-0.3, -0.25) is 9.97 Å². The molecule has 2 aromatic heterocycles. The van der Waals surface area contributed by atoms with Crippen molar-refractivity contribution in [2.75, 3.05) is 0 Å². The van der Waals surface area contributed by atoms with Crippen LogP contribution in [-0.2, 0) is 6.61 Å². The lowest BCUT2D eigenvalue weighted by Crippen LogP contribution is -1.92. The maximum atomic E-state index is 9.07.